The highest BCUT2D eigenvalue weighted by Crippen LogP contribution is 2.24. The molecule has 2 aromatic rings. The Morgan fingerprint density at radius 3 is 3.10 bits per heavy atom. The Kier molecular flexibility index (Phi) is 3.74. The molecule has 0 radical (unpaired) electrons. The zero-order valence-corrected chi connectivity index (χ0v) is 12.2. The van der Waals surface area contributed by atoms with Gasteiger partial charge in [0, 0.05) is 25.8 Å². The second-order valence-corrected chi connectivity index (χ2v) is 5.07. The molecule has 0 aliphatic carbocycles. The van der Waals surface area contributed by atoms with Gasteiger partial charge in [-0.15, -0.1) is 0 Å². The third kappa shape index (κ3) is 2.56. The third-order valence-electron chi connectivity index (χ3n) is 3.76. The van der Waals surface area contributed by atoms with Crippen molar-refractivity contribution in [1.82, 2.24) is 19.4 Å². The van der Waals surface area contributed by atoms with Crippen LogP contribution < -0.4 is 0 Å². The number of hydrogen-bond donors (Lipinski definition) is 0. The maximum atomic E-state index is 12.6. The van der Waals surface area contributed by atoms with Crippen LogP contribution in [0.25, 0.3) is 0 Å². The third-order valence-corrected chi connectivity index (χ3v) is 3.76. The van der Waals surface area contributed by atoms with Crippen LogP contribution in [0.2, 0.25) is 0 Å². The lowest BCUT2D eigenvalue weighted by Crippen LogP contribution is -2.47. The van der Waals surface area contributed by atoms with Crippen molar-refractivity contribution in [2.24, 2.45) is 7.05 Å². The van der Waals surface area contributed by atoms with Crippen molar-refractivity contribution in [3.05, 3.63) is 36.1 Å². The monoisotopic (exact) mass is 290 g/mol. The zero-order valence-electron chi connectivity index (χ0n) is 12.2. The van der Waals surface area contributed by atoms with Crippen LogP contribution in [0, 0.1) is 0 Å². The summed E-state index contributed by atoms with van der Waals surface area (Å²) in [6.45, 7) is 3.55. The second-order valence-electron chi connectivity index (χ2n) is 5.07. The van der Waals surface area contributed by atoms with Crippen LogP contribution >= 0.6 is 0 Å². The lowest BCUT2D eigenvalue weighted by molar-refractivity contribution is 0.0382. The Morgan fingerprint density at radius 1 is 1.52 bits per heavy atom. The van der Waals surface area contributed by atoms with Gasteiger partial charge in [-0.05, 0) is 6.92 Å². The Morgan fingerprint density at radius 2 is 2.38 bits per heavy atom. The van der Waals surface area contributed by atoms with Gasteiger partial charge in [0.1, 0.15) is 6.26 Å². The van der Waals surface area contributed by atoms with E-state index in [4.69, 9.17) is 9.15 Å². The molecule has 0 aromatic carbocycles. The first-order valence-electron chi connectivity index (χ1n) is 6.96. The summed E-state index contributed by atoms with van der Waals surface area (Å²) in [5.41, 5.74) is 2.40. The number of fused-ring (bicyclic) bond motifs is 1. The van der Waals surface area contributed by atoms with Gasteiger partial charge in [-0.25, -0.2) is 9.97 Å². The van der Waals surface area contributed by atoms with Gasteiger partial charge in [-0.3, -0.25) is 4.79 Å². The number of nitrogens with zero attached hydrogens (tertiary/aromatic N) is 4. The molecule has 3 heterocycles. The molecule has 1 aliphatic rings. The lowest BCUT2D eigenvalue weighted by atomic mass is 10.0. The maximum Gasteiger partial charge on any atom is 0.276 e. The molecule has 1 amide bonds. The first kappa shape index (κ1) is 13.8. The fourth-order valence-electron chi connectivity index (χ4n) is 2.63. The fourth-order valence-corrected chi connectivity index (χ4v) is 2.63. The SMILES string of the molecule is CCOCC1Cc2c(ncn2C)CN1C(=O)c1cocn1. The number of hydrogen-bond acceptors (Lipinski definition) is 5. The van der Waals surface area contributed by atoms with Crippen LogP contribution in [0.4, 0.5) is 0 Å². The standard InChI is InChI=1S/C14H18N4O3/c1-3-20-6-10-4-13-11(15-8-17(13)2)5-18(10)14(19)12-7-21-9-16-12/h7-10H,3-6H2,1-2H3. The van der Waals surface area contributed by atoms with Gasteiger partial charge in [-0.1, -0.05) is 0 Å². The Bertz CT molecular complexity index is 620. The van der Waals surface area contributed by atoms with E-state index in [9.17, 15) is 4.79 Å². The molecular formula is C14H18N4O3. The number of aromatic nitrogens is 3. The molecule has 2 aromatic heterocycles. The molecule has 7 heteroatoms. The van der Waals surface area contributed by atoms with Crippen molar-refractivity contribution >= 4 is 5.91 Å². The van der Waals surface area contributed by atoms with E-state index in [2.05, 4.69) is 9.97 Å². The molecular weight excluding hydrogens is 272 g/mol. The number of amides is 1. The predicted molar refractivity (Wildman–Crippen MR) is 73.6 cm³/mol. The summed E-state index contributed by atoms with van der Waals surface area (Å²) in [6.07, 6.45) is 5.15. The highest BCUT2D eigenvalue weighted by molar-refractivity contribution is 5.92. The molecule has 1 unspecified atom stereocenters. The number of carbonyl (C=O) groups is 1. The van der Waals surface area contributed by atoms with Crippen LogP contribution in [0.15, 0.2) is 23.4 Å². The number of ether oxygens (including phenoxy) is 1. The number of imidazole rings is 1. The molecule has 0 fully saturated rings. The van der Waals surface area contributed by atoms with Gasteiger partial charge < -0.3 is 18.6 Å². The van der Waals surface area contributed by atoms with Gasteiger partial charge in [0.25, 0.3) is 5.91 Å². The summed E-state index contributed by atoms with van der Waals surface area (Å²) in [7, 11) is 1.97. The van der Waals surface area contributed by atoms with E-state index in [0.29, 0.717) is 25.5 Å². The summed E-state index contributed by atoms with van der Waals surface area (Å²) in [5, 5.41) is 0. The topological polar surface area (TPSA) is 73.4 Å². The highest BCUT2D eigenvalue weighted by Gasteiger charge is 2.33. The van der Waals surface area contributed by atoms with Gasteiger partial charge >= 0.3 is 0 Å². The molecule has 0 saturated carbocycles. The number of rotatable bonds is 4. The summed E-state index contributed by atoms with van der Waals surface area (Å²) < 4.78 is 12.4. The minimum Gasteiger partial charge on any atom is -0.451 e. The Labute approximate surface area is 122 Å². The van der Waals surface area contributed by atoms with Crippen molar-refractivity contribution in [2.75, 3.05) is 13.2 Å². The first-order valence-corrected chi connectivity index (χ1v) is 6.96. The molecule has 1 atom stereocenters. The van der Waals surface area contributed by atoms with Gasteiger partial charge in [0.05, 0.1) is 31.2 Å². The highest BCUT2D eigenvalue weighted by atomic mass is 16.5. The largest absolute Gasteiger partial charge is 0.451 e. The fraction of sp³-hybridized carbons (Fsp3) is 0.500. The minimum atomic E-state index is -0.148. The van der Waals surface area contributed by atoms with Crippen molar-refractivity contribution in [3.63, 3.8) is 0 Å². The van der Waals surface area contributed by atoms with Crippen LogP contribution in [0.1, 0.15) is 28.8 Å². The summed E-state index contributed by atoms with van der Waals surface area (Å²) in [6, 6.07) is -0.0166. The maximum absolute atomic E-state index is 12.6. The van der Waals surface area contributed by atoms with E-state index >= 15 is 0 Å². The number of carbonyl (C=O) groups excluding carboxylic acids is 1. The Hall–Kier alpha value is -2.15. The van der Waals surface area contributed by atoms with E-state index < -0.39 is 0 Å². The van der Waals surface area contributed by atoms with Crippen molar-refractivity contribution in [1.29, 1.82) is 0 Å². The average Bonchev–Trinajstić information content (AvgIpc) is 3.14. The average molecular weight is 290 g/mol. The zero-order chi connectivity index (χ0) is 14.8. The van der Waals surface area contributed by atoms with Gasteiger partial charge in [-0.2, -0.15) is 0 Å². The molecule has 1 aliphatic heterocycles. The number of oxazole rings is 1. The minimum absolute atomic E-state index is 0.0166. The van der Waals surface area contributed by atoms with Crippen molar-refractivity contribution in [3.8, 4) is 0 Å². The van der Waals surface area contributed by atoms with E-state index in [1.54, 1.807) is 11.2 Å². The van der Waals surface area contributed by atoms with E-state index in [-0.39, 0.29) is 11.9 Å². The van der Waals surface area contributed by atoms with Gasteiger partial charge in [0.15, 0.2) is 12.1 Å². The molecule has 0 bridgehead atoms. The van der Waals surface area contributed by atoms with Crippen LogP contribution in [0.3, 0.4) is 0 Å². The molecule has 0 saturated heterocycles. The summed E-state index contributed by atoms with van der Waals surface area (Å²) >= 11 is 0. The van der Waals surface area contributed by atoms with Crippen LogP contribution in [-0.4, -0.2) is 44.6 Å². The van der Waals surface area contributed by atoms with Gasteiger partial charge in [0.2, 0.25) is 0 Å². The second kappa shape index (κ2) is 5.69. The van der Waals surface area contributed by atoms with E-state index in [1.807, 2.05) is 18.5 Å². The molecule has 3 rings (SSSR count). The van der Waals surface area contributed by atoms with Crippen LogP contribution in [-0.2, 0) is 24.8 Å². The summed E-state index contributed by atoms with van der Waals surface area (Å²) in [5.74, 6) is -0.148. The van der Waals surface area contributed by atoms with E-state index in [1.165, 1.54) is 12.7 Å². The quantitative estimate of drug-likeness (QED) is 0.840. The first-order chi connectivity index (χ1) is 10.2. The lowest BCUT2D eigenvalue weighted by Gasteiger charge is -2.34. The number of aryl methyl sites for hydroxylation is 1. The smallest absolute Gasteiger partial charge is 0.276 e. The normalized spacial score (nSPS) is 17.8. The summed E-state index contributed by atoms with van der Waals surface area (Å²) in [4.78, 5) is 22.6. The molecule has 21 heavy (non-hydrogen) atoms. The van der Waals surface area contributed by atoms with E-state index in [0.717, 1.165) is 17.8 Å². The predicted octanol–water partition coefficient (Wildman–Crippen LogP) is 1.01. The van der Waals surface area contributed by atoms with Crippen LogP contribution in [0.5, 0.6) is 0 Å². The Balaban J connectivity index is 1.87. The van der Waals surface area contributed by atoms with Crippen molar-refractivity contribution < 1.29 is 13.9 Å². The molecule has 0 N–H and O–H groups in total. The molecule has 112 valence electrons. The molecule has 7 nitrogen and oxygen atoms in total. The van der Waals surface area contributed by atoms with Crippen molar-refractivity contribution in [2.45, 2.75) is 25.9 Å². The molecule has 0 spiro atoms.